The van der Waals surface area contributed by atoms with Crippen molar-refractivity contribution in [3.05, 3.63) is 180 Å². The van der Waals surface area contributed by atoms with Gasteiger partial charge in [-0.15, -0.1) is 0 Å². The third-order valence-electron chi connectivity index (χ3n) is 19.2. The highest BCUT2D eigenvalue weighted by Crippen LogP contribution is 2.69. The number of aromatic nitrogens is 3. The number of rotatable bonds is 27. The van der Waals surface area contributed by atoms with E-state index in [0.29, 0.717) is 17.7 Å². The molecule has 15 nitrogen and oxygen atoms in total. The number of aliphatic hydroxyl groups is 1. The van der Waals surface area contributed by atoms with Gasteiger partial charge in [0.15, 0.2) is 17.6 Å². The SMILES string of the molecule is COc1ccccc1NCCCCCCNCCCCCCNCCCCNc1ccccc1OC.O=C1Nc2ccc(-c3cccnc3)cc2C1=Cc1ccc[nH]1.Oc1ccc2c3c1O[C@@H]1c4[nH]c5ccccc5c4C[C@@]4(O)C(C2)N(CC2CC2)CCC314. The Kier molecular flexibility index (Phi) is 19.7. The summed E-state index contributed by atoms with van der Waals surface area (Å²) in [6.45, 7) is 8.60. The molecule has 4 atom stereocenters. The van der Waals surface area contributed by atoms with Gasteiger partial charge in [0, 0.05) is 89.7 Å². The molecule has 8 aromatic rings. The summed E-state index contributed by atoms with van der Waals surface area (Å²) in [6.07, 6.45) is 24.6. The molecule has 3 aliphatic carbocycles. The molecule has 3 aromatic heterocycles. The van der Waals surface area contributed by atoms with Crippen molar-refractivity contribution in [3.63, 3.8) is 0 Å². The Balaban J connectivity index is 0.000000133. The number of aromatic amines is 2. The van der Waals surface area contributed by atoms with Crippen molar-refractivity contribution >= 4 is 45.5 Å². The lowest BCUT2D eigenvalue weighted by atomic mass is 9.49. The summed E-state index contributed by atoms with van der Waals surface area (Å²) in [5.41, 5.74) is 11.9. The van der Waals surface area contributed by atoms with Crippen molar-refractivity contribution < 1.29 is 29.2 Å². The standard InChI is InChI=1S/C30H50N4O2.C26H26N2O3.C18H13N3O/c1-35-29-19-9-7-17-27(29)33-25-14-6-5-13-22-31-21-11-3-4-12-23-32-24-15-16-26-34-28-18-8-10-20-30(28)36-2;29-19-8-7-15-11-20-26(30)12-17-16-3-1-2-4-18(16)27-22(17)24-25(26,21(15)23(19)31-24)9-10-28(20)13-14-5-6-14;22-18-16(10-14-4-2-8-20-14)15-9-12(5-6-17(15)21-18)13-3-1-7-19-11-13/h7-10,17-20,31-34H,3-6,11-16,21-26H2,1-2H3;1-4,7-8,14,20,24,27,29-30H,5-6,9-13H2;1-11,20H,(H,21,22)/t;20?,24-,25?,26-;/m.1./s1. The second-order valence-corrected chi connectivity index (χ2v) is 24.9. The number of anilines is 3. The number of nitrogens with one attached hydrogen (secondary N) is 7. The van der Waals surface area contributed by atoms with Gasteiger partial charge in [0.2, 0.25) is 0 Å². The van der Waals surface area contributed by atoms with Crippen LogP contribution < -0.4 is 40.8 Å². The first-order valence-corrected chi connectivity index (χ1v) is 32.7. The fourth-order valence-electron chi connectivity index (χ4n) is 14.4. The van der Waals surface area contributed by atoms with Crippen LogP contribution in [0.3, 0.4) is 0 Å². The van der Waals surface area contributed by atoms with Crippen molar-refractivity contribution in [2.24, 2.45) is 5.92 Å². The van der Waals surface area contributed by atoms with Crippen LogP contribution in [0.4, 0.5) is 17.1 Å². The molecule has 1 spiro atoms. The quantitative estimate of drug-likeness (QED) is 0.0175. The van der Waals surface area contributed by atoms with Crippen LogP contribution in [0.5, 0.6) is 23.0 Å². The van der Waals surface area contributed by atoms with E-state index in [1.165, 1.54) is 87.1 Å². The number of fused-ring (bicyclic) bond motifs is 5. The van der Waals surface area contributed by atoms with Crippen LogP contribution in [0.2, 0.25) is 0 Å². The normalized spacial score (nSPS) is 20.3. The number of phenols is 1. The number of benzene rings is 5. The van der Waals surface area contributed by atoms with E-state index < -0.39 is 11.0 Å². The molecule has 6 heterocycles. The lowest BCUT2D eigenvalue weighted by molar-refractivity contribution is -0.173. The van der Waals surface area contributed by atoms with Gasteiger partial charge in [0.1, 0.15) is 11.5 Å². The Labute approximate surface area is 524 Å². The number of aromatic hydroxyl groups is 1. The van der Waals surface area contributed by atoms with E-state index in [-0.39, 0.29) is 23.8 Å². The third-order valence-corrected chi connectivity index (χ3v) is 19.2. The van der Waals surface area contributed by atoms with Gasteiger partial charge >= 0.3 is 0 Å². The number of H-pyrrole nitrogens is 2. The number of para-hydroxylation sites is 5. The minimum Gasteiger partial charge on any atom is -0.504 e. The Morgan fingerprint density at radius 2 is 1.39 bits per heavy atom. The van der Waals surface area contributed by atoms with Gasteiger partial charge in [-0.25, -0.2) is 0 Å². The zero-order valence-electron chi connectivity index (χ0n) is 51.9. The minimum absolute atomic E-state index is 0.0760. The van der Waals surface area contributed by atoms with Gasteiger partial charge in [0.05, 0.1) is 47.9 Å². The number of hydrogen-bond donors (Lipinski definition) is 9. The number of carbonyl (C=O) groups excluding carboxylic acids is 1. The number of methoxy groups -OCH3 is 2. The highest BCUT2D eigenvalue weighted by molar-refractivity contribution is 6.35. The van der Waals surface area contributed by atoms with Crippen LogP contribution in [-0.2, 0) is 23.1 Å². The Hall–Kier alpha value is -8.08. The van der Waals surface area contributed by atoms with Gasteiger partial charge in [-0.05, 0) is 192 Å². The summed E-state index contributed by atoms with van der Waals surface area (Å²) in [6, 6.07) is 42.2. The maximum Gasteiger partial charge on any atom is 0.256 e. The van der Waals surface area contributed by atoms with Gasteiger partial charge < -0.3 is 61.0 Å². The molecule has 5 aromatic carbocycles. The number of carbonyl (C=O) groups is 1. The number of ether oxygens (including phenoxy) is 3. The number of phenolic OH excluding ortho intramolecular Hbond substituents is 1. The van der Waals surface area contributed by atoms with Crippen molar-refractivity contribution in [2.75, 3.05) is 82.5 Å². The smallest absolute Gasteiger partial charge is 0.256 e. The maximum atomic E-state index is 12.7. The molecule has 0 radical (unpaired) electrons. The zero-order valence-corrected chi connectivity index (χ0v) is 51.9. The first kappa shape index (κ1) is 61.2. The van der Waals surface area contributed by atoms with E-state index >= 15 is 0 Å². The van der Waals surface area contributed by atoms with Gasteiger partial charge in [-0.1, -0.05) is 86.3 Å². The fourth-order valence-corrected chi connectivity index (χ4v) is 14.4. The molecule has 466 valence electrons. The Bertz CT molecular complexity index is 3610. The molecule has 1 saturated heterocycles. The molecule has 3 aliphatic heterocycles. The second kappa shape index (κ2) is 28.6. The number of nitrogens with zero attached hydrogens (tertiary/aromatic N) is 2. The lowest BCUT2D eigenvalue weighted by Gasteiger charge is -2.62. The van der Waals surface area contributed by atoms with Crippen LogP contribution in [0.15, 0.2) is 146 Å². The minimum atomic E-state index is -0.908. The van der Waals surface area contributed by atoms with Crippen LogP contribution in [0, 0.1) is 5.92 Å². The Morgan fingerprint density at radius 1 is 0.730 bits per heavy atom. The first-order valence-electron chi connectivity index (χ1n) is 32.7. The summed E-state index contributed by atoms with van der Waals surface area (Å²) in [7, 11) is 3.44. The topological polar surface area (TPSA) is 193 Å². The van der Waals surface area contributed by atoms with Crippen molar-refractivity contribution in [2.45, 2.75) is 119 Å². The third kappa shape index (κ3) is 13.5. The van der Waals surface area contributed by atoms with Crippen molar-refractivity contribution in [1.82, 2.24) is 30.5 Å². The van der Waals surface area contributed by atoms with E-state index in [9.17, 15) is 15.0 Å². The molecule has 1 saturated carbocycles. The average Bonchev–Trinajstić information content (AvgIpc) is 1.57. The van der Waals surface area contributed by atoms with E-state index in [2.05, 4.69) is 82.8 Å². The lowest BCUT2D eigenvalue weighted by Crippen LogP contribution is -2.74. The second-order valence-electron chi connectivity index (χ2n) is 24.9. The number of pyridine rings is 1. The Morgan fingerprint density at radius 3 is 2.06 bits per heavy atom. The van der Waals surface area contributed by atoms with Gasteiger partial charge in [-0.2, -0.15) is 0 Å². The molecule has 6 aliphatic rings. The summed E-state index contributed by atoms with van der Waals surface area (Å²) >= 11 is 0. The van der Waals surface area contributed by atoms with Crippen molar-refractivity contribution in [1.29, 1.82) is 0 Å². The largest absolute Gasteiger partial charge is 0.504 e. The summed E-state index contributed by atoms with van der Waals surface area (Å²) in [4.78, 5) is 25.7. The highest BCUT2D eigenvalue weighted by Gasteiger charge is 2.73. The van der Waals surface area contributed by atoms with Gasteiger partial charge in [-0.3, -0.25) is 14.7 Å². The predicted molar refractivity (Wildman–Crippen MR) is 358 cm³/mol. The van der Waals surface area contributed by atoms with Crippen LogP contribution >= 0.6 is 0 Å². The molecule has 1 amide bonds. The number of unbranched alkanes of at least 4 members (excludes halogenated alkanes) is 7. The monoisotopic (exact) mass is 1200 g/mol. The van der Waals surface area contributed by atoms with E-state index in [1.54, 1.807) is 26.5 Å². The number of piperidine rings is 1. The summed E-state index contributed by atoms with van der Waals surface area (Å²) in [5.74, 6) is 3.34. The molecule has 2 fully saturated rings. The molecular formula is C74H89N9O6. The molecule has 15 heteroatoms. The highest BCUT2D eigenvalue weighted by atomic mass is 16.5. The predicted octanol–water partition coefficient (Wildman–Crippen LogP) is 13.4. The zero-order chi connectivity index (χ0) is 61.0. The summed E-state index contributed by atoms with van der Waals surface area (Å²) < 4.78 is 17.3. The van der Waals surface area contributed by atoms with Crippen LogP contribution in [-0.4, -0.2) is 114 Å². The van der Waals surface area contributed by atoms with Crippen molar-refractivity contribution in [3.8, 4) is 34.1 Å². The number of amides is 1. The van der Waals surface area contributed by atoms with E-state index in [1.807, 2.05) is 103 Å². The molecular weight excluding hydrogens is 1110 g/mol. The first-order chi connectivity index (χ1) is 43.8. The number of hydrogen-bond acceptors (Lipinski definition) is 12. The van der Waals surface area contributed by atoms with Crippen LogP contribution in [0.1, 0.15) is 123 Å². The average molecular weight is 1200 g/mol. The van der Waals surface area contributed by atoms with Crippen LogP contribution in [0.25, 0.3) is 33.7 Å². The maximum absolute atomic E-state index is 12.7. The van der Waals surface area contributed by atoms with E-state index in [0.717, 1.165) is 145 Å². The molecule has 14 rings (SSSR count). The number of likely N-dealkylation sites (tertiary alicyclic amines) is 1. The fraction of sp³-hybridized carbons (Fsp3) is 0.405. The molecule has 9 N–H and O–H groups in total. The summed E-state index contributed by atoms with van der Waals surface area (Å²) in [5, 5.41) is 41.7. The molecule has 89 heavy (non-hydrogen) atoms. The molecule has 2 bridgehead atoms. The van der Waals surface area contributed by atoms with E-state index in [4.69, 9.17) is 14.2 Å². The molecule has 2 unspecified atom stereocenters. The van der Waals surface area contributed by atoms with Gasteiger partial charge in [0.25, 0.3) is 5.91 Å².